The lowest BCUT2D eigenvalue weighted by Crippen LogP contribution is -2.60. The number of allylic oxidation sites excluding steroid dienone is 1. The Balaban J connectivity index is 1.75. The van der Waals surface area contributed by atoms with Crippen LogP contribution in [0.3, 0.4) is 0 Å². The highest BCUT2D eigenvalue weighted by atomic mass is 16.6. The molecule has 10 nitrogen and oxygen atoms in total. The maximum atomic E-state index is 14.8. The van der Waals surface area contributed by atoms with Crippen LogP contribution in [0.5, 0.6) is 0 Å². The molecule has 1 aromatic carbocycles. The molecule has 1 spiro atoms. The molecule has 3 aliphatic heterocycles. The van der Waals surface area contributed by atoms with Gasteiger partial charge in [-0.1, -0.05) is 76.1 Å². The lowest BCUT2D eigenvalue weighted by molar-refractivity contribution is -0.165. The van der Waals surface area contributed by atoms with Gasteiger partial charge in [0.2, 0.25) is 17.7 Å². The monoisotopic (exact) mass is 679 g/mol. The standard InChI is InChI=1S/C39H57N3O7/c1-9-13-20-31(44)40(8)27(7)34(28-18-15-14-16-19-28)48-38(47)32-30-21-22-39(49-30)33(32)36(45)42(29(24-43)25(5)12-4)35(39)37(46)41(23-11-3)26(6)17-10-2/h9,11,14-16,18-19,25-27,29-30,32-35,43H,1,3,10,12-13,17,20-24H2,2,4-8H3/t25-,26?,27+,29-,30+,32-,33-,34-,35+,39-/m0/s1. The number of aliphatic hydroxyl groups is 1. The van der Waals surface area contributed by atoms with E-state index in [2.05, 4.69) is 20.1 Å². The van der Waals surface area contributed by atoms with Gasteiger partial charge in [-0.25, -0.2) is 0 Å². The lowest BCUT2D eigenvalue weighted by Gasteiger charge is -2.42. The van der Waals surface area contributed by atoms with Crippen LogP contribution in [-0.4, -0.2) is 99.6 Å². The molecule has 3 heterocycles. The third kappa shape index (κ3) is 7.22. The van der Waals surface area contributed by atoms with Gasteiger partial charge in [-0.05, 0) is 51.0 Å². The van der Waals surface area contributed by atoms with Gasteiger partial charge in [-0.2, -0.15) is 0 Å². The predicted octanol–water partition coefficient (Wildman–Crippen LogP) is 5.07. The number of fused-ring (bicyclic) bond motifs is 1. The third-order valence-electron chi connectivity index (χ3n) is 11.3. The number of benzene rings is 1. The molecule has 1 unspecified atom stereocenters. The molecule has 0 aromatic heterocycles. The summed E-state index contributed by atoms with van der Waals surface area (Å²) in [5.74, 6) is -3.29. The van der Waals surface area contributed by atoms with Gasteiger partial charge in [0.1, 0.15) is 17.7 Å². The summed E-state index contributed by atoms with van der Waals surface area (Å²) < 4.78 is 13.1. The molecule has 3 saturated heterocycles. The number of rotatable bonds is 18. The van der Waals surface area contributed by atoms with Crippen molar-refractivity contribution in [2.24, 2.45) is 17.8 Å². The molecule has 10 heteroatoms. The average molecular weight is 680 g/mol. The number of hydrogen-bond acceptors (Lipinski definition) is 7. The molecule has 0 saturated carbocycles. The van der Waals surface area contributed by atoms with Gasteiger partial charge >= 0.3 is 5.97 Å². The van der Waals surface area contributed by atoms with Crippen molar-refractivity contribution in [3.05, 3.63) is 61.2 Å². The number of likely N-dealkylation sites (tertiary alicyclic amines) is 1. The van der Waals surface area contributed by atoms with Crippen LogP contribution in [0.15, 0.2) is 55.6 Å². The highest BCUT2D eigenvalue weighted by Gasteiger charge is 2.76. The Labute approximate surface area is 292 Å². The van der Waals surface area contributed by atoms with Crippen LogP contribution in [0.1, 0.15) is 91.2 Å². The first-order valence-corrected chi connectivity index (χ1v) is 18.1. The fourth-order valence-electron chi connectivity index (χ4n) is 8.29. The minimum absolute atomic E-state index is 0.101. The van der Waals surface area contributed by atoms with E-state index in [9.17, 15) is 24.3 Å². The highest BCUT2D eigenvalue weighted by Crippen LogP contribution is 2.59. The van der Waals surface area contributed by atoms with Crippen LogP contribution >= 0.6 is 0 Å². The Morgan fingerprint density at radius 2 is 1.84 bits per heavy atom. The van der Waals surface area contributed by atoms with Crippen molar-refractivity contribution in [3.63, 3.8) is 0 Å². The van der Waals surface area contributed by atoms with Crippen LogP contribution in [0.2, 0.25) is 0 Å². The molecular formula is C39H57N3O7. The van der Waals surface area contributed by atoms with Crippen LogP contribution in [-0.2, 0) is 28.7 Å². The summed E-state index contributed by atoms with van der Waals surface area (Å²) in [6.45, 7) is 17.4. The Morgan fingerprint density at radius 1 is 1.14 bits per heavy atom. The summed E-state index contributed by atoms with van der Waals surface area (Å²) >= 11 is 0. The SMILES string of the molecule is C=CCCC(=O)N(C)[C@H](C)[C@H](OC(=O)[C@@H]1[C@H]2C(=O)N([C@@H](CO)[C@@H](C)CC)[C@H](C(=O)N(CC=C)C(C)CCC)[C@]23CC[C@H]1O3)c1ccccc1. The van der Waals surface area contributed by atoms with Crippen molar-refractivity contribution in [1.82, 2.24) is 14.7 Å². The molecule has 3 amide bonds. The molecule has 2 bridgehead atoms. The third-order valence-corrected chi connectivity index (χ3v) is 11.3. The smallest absolute Gasteiger partial charge is 0.313 e. The van der Waals surface area contributed by atoms with E-state index in [4.69, 9.17) is 9.47 Å². The van der Waals surface area contributed by atoms with Crippen LogP contribution < -0.4 is 0 Å². The van der Waals surface area contributed by atoms with E-state index in [1.807, 2.05) is 58.0 Å². The molecule has 3 fully saturated rings. The molecular weight excluding hydrogens is 622 g/mol. The summed E-state index contributed by atoms with van der Waals surface area (Å²) in [7, 11) is 1.70. The molecule has 270 valence electrons. The minimum Gasteiger partial charge on any atom is -0.455 e. The first kappa shape index (κ1) is 38.3. The average Bonchev–Trinajstić information content (AvgIpc) is 3.75. The van der Waals surface area contributed by atoms with Gasteiger partial charge in [0.25, 0.3) is 0 Å². The Morgan fingerprint density at radius 3 is 2.43 bits per heavy atom. The summed E-state index contributed by atoms with van der Waals surface area (Å²) in [5, 5.41) is 10.7. The number of esters is 1. The van der Waals surface area contributed by atoms with Crippen molar-refractivity contribution in [2.45, 2.75) is 122 Å². The fourth-order valence-corrected chi connectivity index (χ4v) is 8.29. The zero-order valence-electron chi connectivity index (χ0n) is 30.3. The van der Waals surface area contributed by atoms with Crippen molar-refractivity contribution >= 4 is 23.7 Å². The molecule has 49 heavy (non-hydrogen) atoms. The number of nitrogens with zero attached hydrogens (tertiary/aromatic N) is 3. The predicted molar refractivity (Wildman–Crippen MR) is 188 cm³/mol. The normalized spacial score (nSPS) is 27.1. The molecule has 1 aromatic rings. The van der Waals surface area contributed by atoms with E-state index >= 15 is 0 Å². The van der Waals surface area contributed by atoms with Gasteiger partial charge in [0.05, 0.1) is 36.6 Å². The maximum Gasteiger partial charge on any atom is 0.313 e. The second-order valence-corrected chi connectivity index (χ2v) is 14.2. The van der Waals surface area contributed by atoms with Gasteiger partial charge in [-0.3, -0.25) is 19.2 Å². The van der Waals surface area contributed by atoms with E-state index in [1.54, 1.807) is 33.9 Å². The maximum absolute atomic E-state index is 14.8. The second kappa shape index (κ2) is 16.5. The van der Waals surface area contributed by atoms with Crippen LogP contribution in [0.4, 0.5) is 0 Å². The molecule has 1 N–H and O–H groups in total. The van der Waals surface area contributed by atoms with Gasteiger partial charge in [0, 0.05) is 26.1 Å². The van der Waals surface area contributed by atoms with E-state index in [0.717, 1.165) is 18.4 Å². The van der Waals surface area contributed by atoms with Gasteiger partial charge < -0.3 is 29.3 Å². The van der Waals surface area contributed by atoms with E-state index in [0.29, 0.717) is 32.2 Å². The first-order valence-electron chi connectivity index (χ1n) is 18.1. The Bertz CT molecular complexity index is 1350. The van der Waals surface area contributed by atoms with Crippen molar-refractivity contribution in [1.29, 1.82) is 0 Å². The number of carbonyl (C=O) groups excluding carboxylic acids is 4. The zero-order valence-corrected chi connectivity index (χ0v) is 30.3. The number of amides is 3. The summed E-state index contributed by atoms with van der Waals surface area (Å²) in [6, 6.07) is 7.02. The quantitative estimate of drug-likeness (QED) is 0.170. The Hall–Kier alpha value is -3.50. The Kier molecular flexibility index (Phi) is 12.9. The number of ether oxygens (including phenoxy) is 2. The van der Waals surface area contributed by atoms with Crippen LogP contribution in [0.25, 0.3) is 0 Å². The number of aliphatic hydroxyl groups excluding tert-OH is 1. The first-order chi connectivity index (χ1) is 23.4. The molecule has 4 rings (SSSR count). The lowest BCUT2D eigenvalue weighted by atomic mass is 9.70. The van der Waals surface area contributed by atoms with E-state index in [1.165, 1.54) is 0 Å². The van der Waals surface area contributed by atoms with E-state index < -0.39 is 53.7 Å². The minimum atomic E-state index is -1.24. The number of carbonyl (C=O) groups is 4. The van der Waals surface area contributed by atoms with Gasteiger partial charge in [-0.15, -0.1) is 13.2 Å². The zero-order chi connectivity index (χ0) is 36.0. The van der Waals surface area contributed by atoms with Crippen molar-refractivity contribution in [2.75, 3.05) is 20.2 Å². The fraction of sp³-hybridized carbons (Fsp3) is 0.641. The molecule has 10 atom stereocenters. The van der Waals surface area contributed by atoms with Crippen molar-refractivity contribution in [3.8, 4) is 0 Å². The summed E-state index contributed by atoms with van der Waals surface area (Å²) in [5.41, 5.74) is -0.514. The second-order valence-electron chi connectivity index (χ2n) is 14.2. The largest absolute Gasteiger partial charge is 0.455 e. The summed E-state index contributed by atoms with van der Waals surface area (Å²) in [4.78, 5) is 61.9. The summed E-state index contributed by atoms with van der Waals surface area (Å²) in [6.07, 6.45) is 6.04. The highest BCUT2D eigenvalue weighted by molar-refractivity contribution is 5.98. The topological polar surface area (TPSA) is 117 Å². The number of likely N-dealkylation sites (N-methyl/N-ethyl adjacent to an activating group) is 1. The molecule has 3 aliphatic rings. The van der Waals surface area contributed by atoms with Crippen LogP contribution in [0, 0.1) is 17.8 Å². The van der Waals surface area contributed by atoms with E-state index in [-0.39, 0.29) is 42.7 Å². The van der Waals surface area contributed by atoms with Crippen molar-refractivity contribution < 1.29 is 33.8 Å². The number of hydrogen-bond donors (Lipinski definition) is 1. The molecule has 0 aliphatic carbocycles. The van der Waals surface area contributed by atoms with Gasteiger partial charge in [0.15, 0.2) is 0 Å². The molecule has 0 radical (unpaired) electrons.